The van der Waals surface area contributed by atoms with Crippen LogP contribution in [0.4, 0.5) is 11.4 Å². The maximum absolute atomic E-state index is 10.9. The number of carboxylic acids is 1. The molecule has 1 aromatic rings. The number of carboxylic acid groups (broad SMARTS) is 1. The van der Waals surface area contributed by atoms with Gasteiger partial charge < -0.3 is 20.9 Å². The Kier molecular flexibility index (Phi) is 3.96. The van der Waals surface area contributed by atoms with Crippen LogP contribution in [0.25, 0.3) is 0 Å². The van der Waals surface area contributed by atoms with Crippen LogP contribution in [0, 0.1) is 0 Å². The van der Waals surface area contributed by atoms with Gasteiger partial charge >= 0.3 is 5.97 Å². The standard InChI is InChI=1S/C12H18N2O3/c1-12(2,7-17-3)14-8-4-5-10(13)9(6-8)11(15)16/h4-6,14H,7,13H2,1-3H3,(H,15,16). The van der Waals surface area contributed by atoms with Gasteiger partial charge in [0.2, 0.25) is 0 Å². The Morgan fingerprint density at radius 1 is 1.53 bits per heavy atom. The van der Waals surface area contributed by atoms with E-state index in [9.17, 15) is 4.79 Å². The Morgan fingerprint density at radius 2 is 2.18 bits per heavy atom. The van der Waals surface area contributed by atoms with Crippen LogP contribution in [0.5, 0.6) is 0 Å². The van der Waals surface area contributed by atoms with Crippen molar-refractivity contribution in [1.29, 1.82) is 0 Å². The fraction of sp³-hybridized carbons (Fsp3) is 0.417. The fourth-order valence-corrected chi connectivity index (χ4v) is 1.61. The first-order chi connectivity index (χ1) is 7.85. The zero-order valence-corrected chi connectivity index (χ0v) is 10.3. The third-order valence-electron chi connectivity index (χ3n) is 2.27. The minimum absolute atomic E-state index is 0.100. The molecule has 1 aromatic carbocycles. The Morgan fingerprint density at radius 3 is 2.71 bits per heavy atom. The van der Waals surface area contributed by atoms with Gasteiger partial charge in [0.1, 0.15) is 0 Å². The number of rotatable bonds is 5. The molecule has 0 saturated carbocycles. The van der Waals surface area contributed by atoms with Crippen molar-refractivity contribution >= 4 is 17.3 Å². The Labute approximate surface area is 101 Å². The highest BCUT2D eigenvalue weighted by Gasteiger charge is 2.18. The molecule has 0 aliphatic rings. The van der Waals surface area contributed by atoms with Crippen LogP contribution in [-0.4, -0.2) is 30.3 Å². The van der Waals surface area contributed by atoms with Crippen molar-refractivity contribution < 1.29 is 14.6 Å². The van der Waals surface area contributed by atoms with E-state index in [-0.39, 0.29) is 16.8 Å². The molecule has 0 aliphatic heterocycles. The molecule has 0 amide bonds. The average molecular weight is 238 g/mol. The van der Waals surface area contributed by atoms with Crippen LogP contribution in [-0.2, 0) is 4.74 Å². The summed E-state index contributed by atoms with van der Waals surface area (Å²) in [5.74, 6) is -1.03. The fourth-order valence-electron chi connectivity index (χ4n) is 1.61. The highest BCUT2D eigenvalue weighted by Crippen LogP contribution is 2.21. The number of hydrogen-bond acceptors (Lipinski definition) is 4. The van der Waals surface area contributed by atoms with Crippen molar-refractivity contribution in [3.63, 3.8) is 0 Å². The van der Waals surface area contributed by atoms with E-state index in [1.165, 1.54) is 6.07 Å². The summed E-state index contributed by atoms with van der Waals surface area (Å²) in [6.07, 6.45) is 0. The summed E-state index contributed by atoms with van der Waals surface area (Å²) in [6.45, 7) is 4.44. The number of nitrogens with two attached hydrogens (primary N) is 1. The minimum Gasteiger partial charge on any atom is -0.478 e. The van der Waals surface area contributed by atoms with Crippen LogP contribution >= 0.6 is 0 Å². The van der Waals surface area contributed by atoms with Gasteiger partial charge in [-0.2, -0.15) is 0 Å². The highest BCUT2D eigenvalue weighted by atomic mass is 16.5. The van der Waals surface area contributed by atoms with Crippen molar-refractivity contribution in [2.75, 3.05) is 24.8 Å². The van der Waals surface area contributed by atoms with Gasteiger partial charge in [-0.05, 0) is 32.0 Å². The SMILES string of the molecule is COCC(C)(C)Nc1ccc(N)c(C(=O)O)c1. The molecule has 0 aliphatic carbocycles. The van der Waals surface area contributed by atoms with Crippen LogP contribution in [0.2, 0.25) is 0 Å². The van der Waals surface area contributed by atoms with E-state index >= 15 is 0 Å². The predicted molar refractivity (Wildman–Crippen MR) is 67.4 cm³/mol. The first-order valence-electron chi connectivity index (χ1n) is 5.25. The van der Waals surface area contributed by atoms with Gasteiger partial charge in [-0.1, -0.05) is 0 Å². The number of benzene rings is 1. The van der Waals surface area contributed by atoms with E-state index in [4.69, 9.17) is 15.6 Å². The molecule has 0 unspecified atom stereocenters. The van der Waals surface area contributed by atoms with Gasteiger partial charge in [0.05, 0.1) is 17.7 Å². The van der Waals surface area contributed by atoms with Gasteiger partial charge in [-0.25, -0.2) is 4.79 Å². The summed E-state index contributed by atoms with van der Waals surface area (Å²) >= 11 is 0. The first-order valence-corrected chi connectivity index (χ1v) is 5.25. The monoisotopic (exact) mass is 238 g/mol. The average Bonchev–Trinajstić information content (AvgIpc) is 2.20. The van der Waals surface area contributed by atoms with E-state index < -0.39 is 5.97 Å². The second-order valence-electron chi connectivity index (χ2n) is 4.55. The number of nitrogens with one attached hydrogen (secondary N) is 1. The summed E-state index contributed by atoms with van der Waals surface area (Å²) in [5, 5.41) is 12.2. The zero-order valence-electron chi connectivity index (χ0n) is 10.3. The molecule has 5 nitrogen and oxygen atoms in total. The number of methoxy groups -OCH3 is 1. The van der Waals surface area contributed by atoms with Gasteiger partial charge in [0, 0.05) is 18.5 Å². The van der Waals surface area contributed by atoms with Crippen LogP contribution in [0.1, 0.15) is 24.2 Å². The lowest BCUT2D eigenvalue weighted by atomic mass is 10.1. The third kappa shape index (κ3) is 3.64. The lowest BCUT2D eigenvalue weighted by Gasteiger charge is -2.26. The first kappa shape index (κ1) is 13.3. The molecule has 0 bridgehead atoms. The zero-order chi connectivity index (χ0) is 13.1. The lowest BCUT2D eigenvalue weighted by Crippen LogP contribution is -2.35. The van der Waals surface area contributed by atoms with Crippen molar-refractivity contribution in [1.82, 2.24) is 0 Å². The molecule has 0 atom stereocenters. The number of aromatic carboxylic acids is 1. The minimum atomic E-state index is -1.03. The number of nitrogen functional groups attached to an aromatic ring is 1. The normalized spacial score (nSPS) is 11.2. The van der Waals surface area contributed by atoms with Gasteiger partial charge in [0.25, 0.3) is 0 Å². The highest BCUT2D eigenvalue weighted by molar-refractivity contribution is 5.94. The van der Waals surface area contributed by atoms with E-state index in [1.54, 1.807) is 19.2 Å². The molecule has 4 N–H and O–H groups in total. The smallest absolute Gasteiger partial charge is 0.337 e. The maximum Gasteiger partial charge on any atom is 0.337 e. The molecule has 0 heterocycles. The van der Waals surface area contributed by atoms with E-state index in [0.29, 0.717) is 12.3 Å². The Bertz CT molecular complexity index is 416. The van der Waals surface area contributed by atoms with Crippen molar-refractivity contribution in [2.45, 2.75) is 19.4 Å². The molecule has 0 fully saturated rings. The van der Waals surface area contributed by atoms with E-state index in [1.807, 2.05) is 13.8 Å². The summed E-state index contributed by atoms with van der Waals surface area (Å²) in [5.41, 5.74) is 6.37. The molecule has 0 aromatic heterocycles. The topological polar surface area (TPSA) is 84.6 Å². The second-order valence-corrected chi connectivity index (χ2v) is 4.55. The predicted octanol–water partition coefficient (Wildman–Crippen LogP) is 1.80. The maximum atomic E-state index is 10.9. The largest absolute Gasteiger partial charge is 0.478 e. The summed E-state index contributed by atoms with van der Waals surface area (Å²) in [6, 6.07) is 4.85. The summed E-state index contributed by atoms with van der Waals surface area (Å²) < 4.78 is 5.08. The van der Waals surface area contributed by atoms with Crippen LogP contribution in [0.3, 0.4) is 0 Å². The third-order valence-corrected chi connectivity index (χ3v) is 2.27. The van der Waals surface area contributed by atoms with E-state index in [2.05, 4.69) is 5.32 Å². The quantitative estimate of drug-likeness (QED) is 0.681. The molecule has 0 radical (unpaired) electrons. The lowest BCUT2D eigenvalue weighted by molar-refractivity contribution is 0.0698. The van der Waals surface area contributed by atoms with Crippen molar-refractivity contribution in [3.8, 4) is 0 Å². The molecule has 5 heteroatoms. The van der Waals surface area contributed by atoms with Crippen LogP contribution in [0.15, 0.2) is 18.2 Å². The summed E-state index contributed by atoms with van der Waals surface area (Å²) in [4.78, 5) is 10.9. The molecule has 94 valence electrons. The van der Waals surface area contributed by atoms with Crippen molar-refractivity contribution in [3.05, 3.63) is 23.8 Å². The Balaban J connectivity index is 2.93. The molecule has 1 rings (SSSR count). The van der Waals surface area contributed by atoms with E-state index in [0.717, 1.165) is 0 Å². The summed E-state index contributed by atoms with van der Waals surface area (Å²) in [7, 11) is 1.62. The van der Waals surface area contributed by atoms with Crippen molar-refractivity contribution in [2.24, 2.45) is 0 Å². The number of anilines is 2. The number of hydrogen-bond donors (Lipinski definition) is 3. The molecule has 0 spiro atoms. The van der Waals surface area contributed by atoms with Gasteiger partial charge in [0.15, 0.2) is 0 Å². The van der Waals surface area contributed by atoms with Gasteiger partial charge in [-0.15, -0.1) is 0 Å². The van der Waals surface area contributed by atoms with Crippen LogP contribution < -0.4 is 11.1 Å². The Hall–Kier alpha value is -1.75. The molecule has 17 heavy (non-hydrogen) atoms. The molecular weight excluding hydrogens is 220 g/mol. The molecule has 0 saturated heterocycles. The van der Waals surface area contributed by atoms with Gasteiger partial charge in [-0.3, -0.25) is 0 Å². The number of ether oxygens (including phenoxy) is 1. The molecular formula is C12H18N2O3. The number of carbonyl (C=O) groups is 1. The second kappa shape index (κ2) is 5.05.